The molecule has 0 aliphatic rings. The lowest BCUT2D eigenvalue weighted by Gasteiger charge is -2.04. The van der Waals surface area contributed by atoms with Crippen LogP contribution in [-0.4, -0.2) is 25.8 Å². The summed E-state index contributed by atoms with van der Waals surface area (Å²) in [5, 5.41) is 16.1. The van der Waals surface area contributed by atoms with E-state index in [0.29, 0.717) is 11.4 Å². The summed E-state index contributed by atoms with van der Waals surface area (Å²) in [5.41, 5.74) is 6.02. The van der Waals surface area contributed by atoms with Gasteiger partial charge < -0.3 is 16.2 Å². The minimum Gasteiger partial charge on any atom is -0.506 e. The van der Waals surface area contributed by atoms with Gasteiger partial charge >= 0.3 is 0 Å². The van der Waals surface area contributed by atoms with Crippen molar-refractivity contribution >= 4 is 11.6 Å². The summed E-state index contributed by atoms with van der Waals surface area (Å²) in [6.07, 6.45) is 1.55. The standard InChI is InChI=1S/C11H13N5O2/c1-16-6-14-10(15-16)5-13-11(18)7-2-3-8(12)9(17)4-7/h2-4,6,17H,5,12H2,1H3,(H,13,18). The number of phenols is 1. The number of phenolic OH excluding ortho intramolecular Hbond substituents is 1. The highest BCUT2D eigenvalue weighted by Gasteiger charge is 2.08. The van der Waals surface area contributed by atoms with Crippen molar-refractivity contribution in [2.45, 2.75) is 6.54 Å². The van der Waals surface area contributed by atoms with Gasteiger partial charge in [-0.15, -0.1) is 0 Å². The second-order valence-electron chi connectivity index (χ2n) is 3.79. The fourth-order valence-corrected chi connectivity index (χ4v) is 1.41. The zero-order chi connectivity index (χ0) is 13.1. The van der Waals surface area contributed by atoms with E-state index in [4.69, 9.17) is 5.73 Å². The largest absolute Gasteiger partial charge is 0.506 e. The number of carbonyl (C=O) groups excluding carboxylic acids is 1. The molecule has 0 saturated carbocycles. The van der Waals surface area contributed by atoms with Gasteiger partial charge in [0, 0.05) is 12.6 Å². The summed E-state index contributed by atoms with van der Waals surface area (Å²) in [6, 6.07) is 4.33. The average molecular weight is 247 g/mol. The highest BCUT2D eigenvalue weighted by Crippen LogP contribution is 2.20. The topological polar surface area (TPSA) is 106 Å². The van der Waals surface area contributed by atoms with Gasteiger partial charge in [0.2, 0.25) is 0 Å². The number of anilines is 1. The molecular weight excluding hydrogens is 234 g/mol. The number of hydrogen-bond donors (Lipinski definition) is 3. The molecule has 94 valence electrons. The predicted octanol–water partition coefficient (Wildman–Crippen LogP) is 0.0329. The maximum absolute atomic E-state index is 11.8. The molecule has 0 unspecified atom stereocenters. The van der Waals surface area contributed by atoms with Crippen LogP contribution in [0.2, 0.25) is 0 Å². The number of aryl methyl sites for hydroxylation is 1. The third-order valence-electron chi connectivity index (χ3n) is 2.35. The van der Waals surface area contributed by atoms with Crippen LogP contribution >= 0.6 is 0 Å². The Morgan fingerprint density at radius 3 is 2.94 bits per heavy atom. The Balaban J connectivity index is 2.01. The molecule has 0 aliphatic heterocycles. The molecule has 18 heavy (non-hydrogen) atoms. The quantitative estimate of drug-likeness (QED) is 0.524. The van der Waals surface area contributed by atoms with E-state index < -0.39 is 0 Å². The fourth-order valence-electron chi connectivity index (χ4n) is 1.41. The first-order valence-electron chi connectivity index (χ1n) is 5.27. The van der Waals surface area contributed by atoms with E-state index in [1.807, 2.05) is 0 Å². The van der Waals surface area contributed by atoms with Crippen molar-refractivity contribution in [2.75, 3.05) is 5.73 Å². The van der Waals surface area contributed by atoms with E-state index in [9.17, 15) is 9.90 Å². The molecule has 0 fully saturated rings. The zero-order valence-electron chi connectivity index (χ0n) is 9.79. The van der Waals surface area contributed by atoms with Gasteiger partial charge in [-0.3, -0.25) is 9.48 Å². The number of nitrogens with two attached hydrogens (primary N) is 1. The number of rotatable bonds is 3. The predicted molar refractivity (Wildman–Crippen MR) is 64.7 cm³/mol. The van der Waals surface area contributed by atoms with Gasteiger partial charge in [-0.25, -0.2) is 4.98 Å². The first-order valence-corrected chi connectivity index (χ1v) is 5.27. The molecule has 4 N–H and O–H groups in total. The van der Waals surface area contributed by atoms with Gasteiger partial charge in [-0.05, 0) is 18.2 Å². The highest BCUT2D eigenvalue weighted by molar-refractivity contribution is 5.95. The van der Waals surface area contributed by atoms with Gasteiger partial charge in [0.25, 0.3) is 5.91 Å². The molecule has 7 heteroatoms. The van der Waals surface area contributed by atoms with Gasteiger partial charge in [-0.1, -0.05) is 0 Å². The van der Waals surface area contributed by atoms with E-state index in [0.717, 1.165) is 0 Å². The van der Waals surface area contributed by atoms with Gasteiger partial charge in [0.15, 0.2) is 5.82 Å². The number of nitrogens with one attached hydrogen (secondary N) is 1. The van der Waals surface area contributed by atoms with Crippen LogP contribution in [0.15, 0.2) is 24.5 Å². The van der Waals surface area contributed by atoms with Crippen LogP contribution in [0.25, 0.3) is 0 Å². The number of aromatic hydroxyl groups is 1. The van der Waals surface area contributed by atoms with Crippen molar-refractivity contribution in [3.63, 3.8) is 0 Å². The van der Waals surface area contributed by atoms with Crippen LogP contribution in [0, 0.1) is 0 Å². The summed E-state index contributed by atoms with van der Waals surface area (Å²) < 4.78 is 1.55. The van der Waals surface area contributed by atoms with Crippen molar-refractivity contribution in [1.29, 1.82) is 0 Å². The van der Waals surface area contributed by atoms with Crippen LogP contribution in [0.1, 0.15) is 16.2 Å². The average Bonchev–Trinajstić information content (AvgIpc) is 2.75. The van der Waals surface area contributed by atoms with E-state index in [1.165, 1.54) is 18.2 Å². The molecule has 2 rings (SSSR count). The zero-order valence-corrected chi connectivity index (χ0v) is 9.79. The van der Waals surface area contributed by atoms with Crippen LogP contribution in [-0.2, 0) is 13.6 Å². The maximum atomic E-state index is 11.8. The Kier molecular flexibility index (Phi) is 3.13. The first kappa shape index (κ1) is 11.9. The first-order chi connectivity index (χ1) is 8.56. The van der Waals surface area contributed by atoms with Gasteiger partial charge in [-0.2, -0.15) is 5.10 Å². The maximum Gasteiger partial charge on any atom is 0.251 e. The van der Waals surface area contributed by atoms with E-state index in [1.54, 1.807) is 18.1 Å². The summed E-state index contributed by atoms with van der Waals surface area (Å²) in [6.45, 7) is 0.227. The lowest BCUT2D eigenvalue weighted by atomic mass is 10.2. The van der Waals surface area contributed by atoms with Gasteiger partial charge in [0.05, 0.1) is 12.2 Å². The summed E-state index contributed by atoms with van der Waals surface area (Å²) in [4.78, 5) is 15.7. The molecule has 0 bridgehead atoms. The second-order valence-corrected chi connectivity index (χ2v) is 3.79. The second kappa shape index (κ2) is 4.74. The number of benzene rings is 1. The number of amides is 1. The van der Waals surface area contributed by atoms with E-state index >= 15 is 0 Å². The Morgan fingerprint density at radius 1 is 1.56 bits per heavy atom. The smallest absolute Gasteiger partial charge is 0.251 e. The molecule has 0 radical (unpaired) electrons. The molecular formula is C11H13N5O2. The van der Waals surface area contributed by atoms with Crippen molar-refractivity contribution in [3.05, 3.63) is 35.9 Å². The summed E-state index contributed by atoms with van der Waals surface area (Å²) in [7, 11) is 1.75. The normalized spacial score (nSPS) is 10.3. The van der Waals surface area contributed by atoms with Crippen LogP contribution in [0.5, 0.6) is 5.75 Å². The number of hydrogen-bond acceptors (Lipinski definition) is 5. The minimum atomic E-state index is -0.322. The molecule has 0 saturated heterocycles. The summed E-state index contributed by atoms with van der Waals surface area (Å²) >= 11 is 0. The van der Waals surface area contributed by atoms with Crippen LogP contribution in [0.3, 0.4) is 0 Å². The minimum absolute atomic E-state index is 0.112. The third kappa shape index (κ3) is 2.57. The molecule has 0 atom stereocenters. The molecule has 7 nitrogen and oxygen atoms in total. The number of aromatic nitrogens is 3. The molecule has 1 heterocycles. The Labute approximate surface area is 103 Å². The molecule has 1 amide bonds. The van der Waals surface area contributed by atoms with Crippen molar-refractivity contribution in [3.8, 4) is 5.75 Å². The lowest BCUT2D eigenvalue weighted by Crippen LogP contribution is -2.23. The molecule has 0 aliphatic carbocycles. The van der Waals surface area contributed by atoms with Crippen molar-refractivity contribution in [1.82, 2.24) is 20.1 Å². The van der Waals surface area contributed by atoms with Crippen molar-refractivity contribution < 1.29 is 9.90 Å². The third-order valence-corrected chi connectivity index (χ3v) is 2.35. The molecule has 1 aromatic heterocycles. The fraction of sp³-hybridized carbons (Fsp3) is 0.182. The van der Waals surface area contributed by atoms with Crippen molar-refractivity contribution in [2.24, 2.45) is 7.05 Å². The molecule has 2 aromatic rings. The monoisotopic (exact) mass is 247 g/mol. The highest BCUT2D eigenvalue weighted by atomic mass is 16.3. The molecule has 1 aromatic carbocycles. The van der Waals surface area contributed by atoms with Crippen LogP contribution < -0.4 is 11.1 Å². The number of nitrogen functional groups attached to an aromatic ring is 1. The molecule has 0 spiro atoms. The lowest BCUT2D eigenvalue weighted by molar-refractivity contribution is 0.0949. The van der Waals surface area contributed by atoms with Crippen LogP contribution in [0.4, 0.5) is 5.69 Å². The Hall–Kier alpha value is -2.57. The SMILES string of the molecule is Cn1cnc(CNC(=O)c2ccc(N)c(O)c2)n1. The van der Waals surface area contributed by atoms with E-state index in [2.05, 4.69) is 15.4 Å². The Bertz CT molecular complexity index is 579. The number of carbonyl (C=O) groups is 1. The van der Waals surface area contributed by atoms with Gasteiger partial charge in [0.1, 0.15) is 12.1 Å². The number of nitrogens with zero attached hydrogens (tertiary/aromatic N) is 3. The van der Waals surface area contributed by atoms with E-state index in [-0.39, 0.29) is 23.9 Å². The Morgan fingerprint density at radius 2 is 2.33 bits per heavy atom. The summed E-state index contributed by atoms with van der Waals surface area (Å²) in [5.74, 6) is 0.0851.